The fourth-order valence-corrected chi connectivity index (χ4v) is 3.03. The standard InChI is InChI=1S/C20H22ClN5/c1-13-11-14(2)19(17(21)12-13)24-18-9-10-22-20(25-18)23-15-5-7-16(8-6-15)26(3)4/h5-12H,1-4H3,(H2,22,23,24,25). The van der Waals surface area contributed by atoms with E-state index in [1.54, 1.807) is 6.20 Å². The first-order chi connectivity index (χ1) is 12.4. The van der Waals surface area contributed by atoms with Crippen molar-refractivity contribution in [2.24, 2.45) is 0 Å². The molecule has 1 heterocycles. The molecule has 0 radical (unpaired) electrons. The van der Waals surface area contributed by atoms with E-state index >= 15 is 0 Å². The Morgan fingerprint density at radius 2 is 1.69 bits per heavy atom. The summed E-state index contributed by atoms with van der Waals surface area (Å²) in [6, 6.07) is 13.9. The fraction of sp³-hybridized carbons (Fsp3) is 0.200. The maximum absolute atomic E-state index is 6.37. The van der Waals surface area contributed by atoms with Crippen LogP contribution in [0.4, 0.5) is 28.8 Å². The van der Waals surface area contributed by atoms with Crippen molar-refractivity contribution in [3.63, 3.8) is 0 Å². The minimum atomic E-state index is 0.522. The molecule has 0 saturated carbocycles. The van der Waals surface area contributed by atoms with Crippen LogP contribution in [0.15, 0.2) is 48.7 Å². The fourth-order valence-electron chi connectivity index (χ4n) is 2.66. The van der Waals surface area contributed by atoms with Crippen molar-refractivity contribution in [1.82, 2.24) is 9.97 Å². The summed E-state index contributed by atoms with van der Waals surface area (Å²) in [5, 5.41) is 7.18. The van der Waals surface area contributed by atoms with Gasteiger partial charge in [-0.25, -0.2) is 4.98 Å². The van der Waals surface area contributed by atoms with E-state index in [9.17, 15) is 0 Å². The van der Waals surface area contributed by atoms with Crippen molar-refractivity contribution >= 4 is 40.4 Å². The molecule has 3 rings (SSSR count). The maximum Gasteiger partial charge on any atom is 0.229 e. The van der Waals surface area contributed by atoms with Crippen molar-refractivity contribution in [1.29, 1.82) is 0 Å². The molecular formula is C20H22ClN5. The lowest BCUT2D eigenvalue weighted by molar-refractivity contribution is 1.13. The number of hydrogen-bond acceptors (Lipinski definition) is 5. The molecule has 6 heteroatoms. The van der Waals surface area contributed by atoms with Gasteiger partial charge in [0, 0.05) is 31.7 Å². The predicted octanol–water partition coefficient (Wildman–Crippen LogP) is 5.30. The summed E-state index contributed by atoms with van der Waals surface area (Å²) in [6.45, 7) is 4.05. The minimum absolute atomic E-state index is 0.522. The third kappa shape index (κ3) is 4.24. The second-order valence-electron chi connectivity index (χ2n) is 6.40. The van der Waals surface area contributed by atoms with E-state index in [2.05, 4.69) is 31.6 Å². The Balaban J connectivity index is 1.78. The van der Waals surface area contributed by atoms with E-state index in [-0.39, 0.29) is 0 Å². The Morgan fingerprint density at radius 1 is 0.962 bits per heavy atom. The highest BCUT2D eigenvalue weighted by Crippen LogP contribution is 2.30. The highest BCUT2D eigenvalue weighted by molar-refractivity contribution is 6.33. The molecule has 0 amide bonds. The second kappa shape index (κ2) is 7.62. The number of aromatic nitrogens is 2. The first-order valence-corrected chi connectivity index (χ1v) is 8.71. The number of nitrogens with zero attached hydrogens (tertiary/aromatic N) is 3. The number of rotatable bonds is 5. The van der Waals surface area contributed by atoms with Crippen LogP contribution in [0.5, 0.6) is 0 Å². The molecule has 0 spiro atoms. The molecule has 0 atom stereocenters. The number of halogens is 1. The summed E-state index contributed by atoms with van der Waals surface area (Å²) >= 11 is 6.37. The first kappa shape index (κ1) is 18.0. The average Bonchev–Trinajstić information content (AvgIpc) is 2.59. The zero-order valence-electron chi connectivity index (χ0n) is 15.3. The van der Waals surface area contributed by atoms with Gasteiger partial charge >= 0.3 is 0 Å². The number of nitrogens with one attached hydrogen (secondary N) is 2. The van der Waals surface area contributed by atoms with Crippen LogP contribution < -0.4 is 15.5 Å². The molecule has 0 aliphatic heterocycles. The van der Waals surface area contributed by atoms with Gasteiger partial charge in [-0.15, -0.1) is 0 Å². The lowest BCUT2D eigenvalue weighted by Crippen LogP contribution is -2.08. The van der Waals surface area contributed by atoms with Gasteiger partial charge in [-0.1, -0.05) is 17.7 Å². The Hall–Kier alpha value is -2.79. The number of benzene rings is 2. The molecule has 1 aromatic heterocycles. The SMILES string of the molecule is Cc1cc(C)c(Nc2ccnc(Nc3ccc(N(C)C)cc3)n2)c(Cl)c1. The van der Waals surface area contributed by atoms with Gasteiger partial charge in [0.25, 0.3) is 0 Å². The monoisotopic (exact) mass is 367 g/mol. The van der Waals surface area contributed by atoms with Crippen LogP contribution in [0.25, 0.3) is 0 Å². The minimum Gasteiger partial charge on any atom is -0.378 e. The van der Waals surface area contributed by atoms with Crippen LogP contribution >= 0.6 is 11.6 Å². The summed E-state index contributed by atoms with van der Waals surface area (Å²) in [5.74, 6) is 1.20. The molecule has 0 unspecified atom stereocenters. The normalized spacial score (nSPS) is 10.5. The van der Waals surface area contributed by atoms with E-state index in [1.165, 1.54) is 0 Å². The van der Waals surface area contributed by atoms with Gasteiger partial charge in [-0.3, -0.25) is 0 Å². The molecule has 5 nitrogen and oxygen atoms in total. The summed E-state index contributed by atoms with van der Waals surface area (Å²) in [6.07, 6.45) is 1.71. The van der Waals surface area contributed by atoms with E-state index in [4.69, 9.17) is 11.6 Å². The zero-order chi connectivity index (χ0) is 18.7. The number of anilines is 5. The third-order valence-corrected chi connectivity index (χ3v) is 4.28. The van der Waals surface area contributed by atoms with E-state index in [1.807, 2.05) is 64.3 Å². The summed E-state index contributed by atoms with van der Waals surface area (Å²) in [7, 11) is 4.03. The number of aryl methyl sites for hydroxylation is 2. The van der Waals surface area contributed by atoms with Gasteiger partial charge in [0.15, 0.2) is 0 Å². The lowest BCUT2D eigenvalue weighted by Gasteiger charge is -2.14. The highest BCUT2D eigenvalue weighted by Gasteiger charge is 2.08. The Kier molecular flexibility index (Phi) is 5.28. The van der Waals surface area contributed by atoms with Gasteiger partial charge in [0.1, 0.15) is 5.82 Å². The van der Waals surface area contributed by atoms with Crippen LogP contribution in [0.1, 0.15) is 11.1 Å². The van der Waals surface area contributed by atoms with Crippen molar-refractivity contribution in [3.05, 3.63) is 64.8 Å². The quantitative estimate of drug-likeness (QED) is 0.640. The molecule has 26 heavy (non-hydrogen) atoms. The summed E-state index contributed by atoms with van der Waals surface area (Å²) in [5.41, 5.74) is 5.12. The van der Waals surface area contributed by atoms with Crippen molar-refractivity contribution in [2.45, 2.75) is 13.8 Å². The molecule has 0 bridgehead atoms. The van der Waals surface area contributed by atoms with Gasteiger partial charge in [-0.05, 0) is 61.4 Å². The Morgan fingerprint density at radius 3 is 2.35 bits per heavy atom. The van der Waals surface area contributed by atoms with Crippen LogP contribution in [0, 0.1) is 13.8 Å². The molecule has 2 N–H and O–H groups in total. The number of hydrogen-bond donors (Lipinski definition) is 2. The molecular weight excluding hydrogens is 346 g/mol. The molecule has 0 saturated heterocycles. The Bertz CT molecular complexity index is 883. The molecule has 2 aromatic carbocycles. The van der Waals surface area contributed by atoms with Gasteiger partial charge in [0.05, 0.1) is 10.7 Å². The zero-order valence-corrected chi connectivity index (χ0v) is 16.1. The smallest absolute Gasteiger partial charge is 0.229 e. The average molecular weight is 368 g/mol. The molecule has 3 aromatic rings. The van der Waals surface area contributed by atoms with Crippen molar-refractivity contribution < 1.29 is 0 Å². The largest absolute Gasteiger partial charge is 0.378 e. The van der Waals surface area contributed by atoms with Crippen molar-refractivity contribution in [3.8, 4) is 0 Å². The second-order valence-corrected chi connectivity index (χ2v) is 6.80. The van der Waals surface area contributed by atoms with Gasteiger partial charge in [0.2, 0.25) is 5.95 Å². The van der Waals surface area contributed by atoms with Crippen LogP contribution in [0.2, 0.25) is 5.02 Å². The predicted molar refractivity (Wildman–Crippen MR) is 110 cm³/mol. The van der Waals surface area contributed by atoms with E-state index in [0.29, 0.717) is 16.8 Å². The van der Waals surface area contributed by atoms with Gasteiger partial charge < -0.3 is 15.5 Å². The summed E-state index contributed by atoms with van der Waals surface area (Å²) < 4.78 is 0. The first-order valence-electron chi connectivity index (χ1n) is 8.33. The maximum atomic E-state index is 6.37. The summed E-state index contributed by atoms with van der Waals surface area (Å²) in [4.78, 5) is 10.9. The van der Waals surface area contributed by atoms with Crippen LogP contribution in [0.3, 0.4) is 0 Å². The van der Waals surface area contributed by atoms with Crippen molar-refractivity contribution in [2.75, 3.05) is 29.6 Å². The van der Waals surface area contributed by atoms with E-state index in [0.717, 1.165) is 28.2 Å². The lowest BCUT2D eigenvalue weighted by atomic mass is 10.1. The topological polar surface area (TPSA) is 53.1 Å². The third-order valence-electron chi connectivity index (χ3n) is 3.98. The highest BCUT2D eigenvalue weighted by atomic mass is 35.5. The molecule has 134 valence electrons. The van der Waals surface area contributed by atoms with Crippen LogP contribution in [-0.4, -0.2) is 24.1 Å². The van der Waals surface area contributed by atoms with Gasteiger partial charge in [-0.2, -0.15) is 4.98 Å². The van der Waals surface area contributed by atoms with E-state index < -0.39 is 0 Å². The molecule has 0 aliphatic rings. The molecule has 0 fully saturated rings. The van der Waals surface area contributed by atoms with Crippen LogP contribution in [-0.2, 0) is 0 Å². The Labute approximate surface area is 159 Å². The molecule has 0 aliphatic carbocycles.